The van der Waals surface area contributed by atoms with E-state index >= 15 is 0 Å². The number of nitro groups is 1. The van der Waals surface area contributed by atoms with E-state index in [1.807, 2.05) is 0 Å². The summed E-state index contributed by atoms with van der Waals surface area (Å²) in [6, 6.07) is 8.31. The minimum absolute atomic E-state index is 0.0795. The molecule has 0 aliphatic heterocycles. The summed E-state index contributed by atoms with van der Waals surface area (Å²) in [7, 11) is 0. The van der Waals surface area contributed by atoms with Crippen molar-refractivity contribution in [3.63, 3.8) is 0 Å². The molecule has 0 atom stereocenters. The highest BCUT2D eigenvalue weighted by molar-refractivity contribution is 6.35. The minimum atomic E-state index is -0.882. The molecule has 136 valence electrons. The maximum atomic E-state index is 11.9. The molecule has 8 nitrogen and oxygen atoms in total. The van der Waals surface area contributed by atoms with Gasteiger partial charge in [-0.05, 0) is 29.8 Å². The van der Waals surface area contributed by atoms with Crippen LogP contribution in [-0.2, 0) is 16.1 Å². The molecule has 0 saturated heterocycles. The van der Waals surface area contributed by atoms with Gasteiger partial charge in [0.2, 0.25) is 0 Å². The van der Waals surface area contributed by atoms with Crippen molar-refractivity contribution in [3.8, 4) is 0 Å². The van der Waals surface area contributed by atoms with Crippen LogP contribution in [0, 0.1) is 10.1 Å². The number of hydrogen-bond acceptors (Lipinski definition) is 6. The number of nitrogens with two attached hydrogens (primary N) is 1. The first kappa shape index (κ1) is 19.5. The van der Waals surface area contributed by atoms with Gasteiger partial charge in [-0.2, -0.15) is 0 Å². The number of carbonyl (C=O) groups excluding carboxylic acids is 2. The standard InChI is InChI=1S/C16H13Cl2N3O5/c17-11-3-1-10(12(18)6-11)7-20-15(22)8-26-16(23)9-2-4-13(19)14(5-9)21(24)25/h1-6H,7-8,19H2,(H,20,22). The Labute approximate surface area is 158 Å². The molecule has 0 radical (unpaired) electrons. The second-order valence-corrected chi connectivity index (χ2v) is 5.96. The van der Waals surface area contributed by atoms with E-state index in [9.17, 15) is 19.7 Å². The van der Waals surface area contributed by atoms with E-state index in [2.05, 4.69) is 5.32 Å². The van der Waals surface area contributed by atoms with Gasteiger partial charge in [0.1, 0.15) is 5.69 Å². The first-order valence-electron chi connectivity index (χ1n) is 7.19. The normalized spacial score (nSPS) is 10.2. The van der Waals surface area contributed by atoms with Gasteiger partial charge >= 0.3 is 5.97 Å². The number of nitrogen functional groups attached to an aromatic ring is 1. The molecule has 2 aromatic rings. The van der Waals surface area contributed by atoms with Gasteiger partial charge in [0.15, 0.2) is 6.61 Å². The number of rotatable bonds is 6. The molecular formula is C16H13Cl2N3O5. The van der Waals surface area contributed by atoms with Crippen LogP contribution in [0.15, 0.2) is 36.4 Å². The van der Waals surface area contributed by atoms with E-state index in [0.717, 1.165) is 6.07 Å². The average molecular weight is 398 g/mol. The summed E-state index contributed by atoms with van der Waals surface area (Å²) in [6.07, 6.45) is 0. The van der Waals surface area contributed by atoms with Crippen molar-refractivity contribution in [1.82, 2.24) is 5.32 Å². The molecule has 0 saturated carbocycles. The number of nitro benzene ring substituents is 1. The van der Waals surface area contributed by atoms with Crippen LogP contribution in [0.4, 0.5) is 11.4 Å². The number of nitrogens with one attached hydrogen (secondary N) is 1. The average Bonchev–Trinajstić information content (AvgIpc) is 2.59. The fourth-order valence-corrected chi connectivity index (χ4v) is 2.43. The molecule has 0 unspecified atom stereocenters. The molecule has 0 aromatic heterocycles. The molecule has 26 heavy (non-hydrogen) atoms. The van der Waals surface area contributed by atoms with Crippen LogP contribution >= 0.6 is 23.2 Å². The maximum absolute atomic E-state index is 11.9. The highest BCUT2D eigenvalue weighted by atomic mass is 35.5. The molecule has 0 heterocycles. The van der Waals surface area contributed by atoms with Gasteiger partial charge in [-0.25, -0.2) is 4.79 Å². The highest BCUT2D eigenvalue weighted by Gasteiger charge is 2.17. The van der Waals surface area contributed by atoms with Crippen molar-refractivity contribution in [1.29, 1.82) is 0 Å². The molecule has 2 rings (SSSR count). The molecule has 0 aliphatic rings. The fourth-order valence-electron chi connectivity index (χ4n) is 1.95. The van der Waals surface area contributed by atoms with Gasteiger partial charge in [-0.3, -0.25) is 14.9 Å². The van der Waals surface area contributed by atoms with E-state index in [1.54, 1.807) is 18.2 Å². The highest BCUT2D eigenvalue weighted by Crippen LogP contribution is 2.23. The van der Waals surface area contributed by atoms with Gasteiger partial charge in [-0.15, -0.1) is 0 Å². The SMILES string of the molecule is Nc1ccc(C(=O)OCC(=O)NCc2ccc(Cl)cc2Cl)cc1[N+](=O)[O-]. The summed E-state index contributed by atoms with van der Waals surface area (Å²) in [5, 5.41) is 14.2. The van der Waals surface area contributed by atoms with Gasteiger partial charge < -0.3 is 15.8 Å². The molecule has 0 spiro atoms. The zero-order valence-electron chi connectivity index (χ0n) is 13.2. The van der Waals surface area contributed by atoms with Crippen LogP contribution in [0.1, 0.15) is 15.9 Å². The Kier molecular flexibility index (Phi) is 6.37. The van der Waals surface area contributed by atoms with Crippen LogP contribution < -0.4 is 11.1 Å². The summed E-state index contributed by atoms with van der Waals surface area (Å²) in [6.45, 7) is -0.429. The lowest BCUT2D eigenvalue weighted by molar-refractivity contribution is -0.383. The molecule has 10 heteroatoms. The summed E-state index contributed by atoms with van der Waals surface area (Å²) in [5.74, 6) is -1.44. The predicted molar refractivity (Wildman–Crippen MR) is 96.1 cm³/mol. The van der Waals surface area contributed by atoms with Crippen LogP contribution in [0.5, 0.6) is 0 Å². The van der Waals surface area contributed by atoms with E-state index in [0.29, 0.717) is 15.6 Å². The van der Waals surface area contributed by atoms with E-state index in [1.165, 1.54) is 12.1 Å². The van der Waals surface area contributed by atoms with Crippen molar-refractivity contribution in [2.24, 2.45) is 0 Å². The number of nitrogens with zero attached hydrogens (tertiary/aromatic N) is 1. The molecule has 0 bridgehead atoms. The van der Waals surface area contributed by atoms with E-state index in [4.69, 9.17) is 33.7 Å². The molecule has 0 aliphatic carbocycles. The van der Waals surface area contributed by atoms with Crippen LogP contribution in [0.2, 0.25) is 10.0 Å². The van der Waals surface area contributed by atoms with Crippen LogP contribution in [0.25, 0.3) is 0 Å². The lowest BCUT2D eigenvalue weighted by Gasteiger charge is -2.08. The number of hydrogen-bond donors (Lipinski definition) is 2. The third kappa shape index (κ3) is 5.08. The molecule has 0 fully saturated rings. The van der Waals surface area contributed by atoms with Crippen molar-refractivity contribution in [2.75, 3.05) is 12.3 Å². The maximum Gasteiger partial charge on any atom is 0.338 e. The van der Waals surface area contributed by atoms with Crippen LogP contribution in [0.3, 0.4) is 0 Å². The van der Waals surface area contributed by atoms with Gasteiger partial charge in [-0.1, -0.05) is 29.3 Å². The van der Waals surface area contributed by atoms with E-state index in [-0.39, 0.29) is 17.8 Å². The molecule has 2 aromatic carbocycles. The Hall–Kier alpha value is -2.84. The fraction of sp³-hybridized carbons (Fsp3) is 0.125. The second kappa shape index (κ2) is 8.50. The monoisotopic (exact) mass is 397 g/mol. The summed E-state index contributed by atoms with van der Waals surface area (Å²) in [4.78, 5) is 33.8. The number of halogens is 2. The number of anilines is 1. The minimum Gasteiger partial charge on any atom is -0.452 e. The number of carbonyl (C=O) groups is 2. The number of ether oxygens (including phenoxy) is 1. The van der Waals surface area contributed by atoms with E-state index < -0.39 is 29.1 Å². The van der Waals surface area contributed by atoms with Crippen molar-refractivity contribution >= 4 is 46.5 Å². The molecule has 3 N–H and O–H groups in total. The van der Waals surface area contributed by atoms with Gasteiger partial charge in [0.05, 0.1) is 10.5 Å². The van der Waals surface area contributed by atoms with Gasteiger partial charge in [0.25, 0.3) is 11.6 Å². The van der Waals surface area contributed by atoms with Crippen LogP contribution in [-0.4, -0.2) is 23.4 Å². The number of amides is 1. The quantitative estimate of drug-likeness (QED) is 0.334. The van der Waals surface area contributed by atoms with Crippen molar-refractivity contribution in [3.05, 3.63) is 67.7 Å². The summed E-state index contributed by atoms with van der Waals surface area (Å²) < 4.78 is 4.83. The lowest BCUT2D eigenvalue weighted by atomic mass is 10.2. The Balaban J connectivity index is 1.89. The molecule has 1 amide bonds. The molecular weight excluding hydrogens is 385 g/mol. The Bertz CT molecular complexity index is 873. The third-order valence-corrected chi connectivity index (χ3v) is 3.88. The summed E-state index contributed by atoms with van der Waals surface area (Å²) in [5.41, 5.74) is 5.52. The van der Waals surface area contributed by atoms with Crippen molar-refractivity contribution in [2.45, 2.75) is 6.54 Å². The largest absolute Gasteiger partial charge is 0.452 e. The first-order chi connectivity index (χ1) is 12.3. The van der Waals surface area contributed by atoms with Crippen molar-refractivity contribution < 1.29 is 19.2 Å². The smallest absolute Gasteiger partial charge is 0.338 e. The first-order valence-corrected chi connectivity index (χ1v) is 7.95. The Morgan fingerprint density at radius 3 is 2.58 bits per heavy atom. The Morgan fingerprint density at radius 1 is 1.19 bits per heavy atom. The number of benzene rings is 2. The van der Waals surface area contributed by atoms with Gasteiger partial charge in [0, 0.05) is 22.7 Å². The zero-order valence-corrected chi connectivity index (χ0v) is 14.7. The lowest BCUT2D eigenvalue weighted by Crippen LogP contribution is -2.28. The topological polar surface area (TPSA) is 125 Å². The second-order valence-electron chi connectivity index (χ2n) is 5.12. The third-order valence-electron chi connectivity index (χ3n) is 3.29. The summed E-state index contributed by atoms with van der Waals surface area (Å²) >= 11 is 11.8. The predicted octanol–water partition coefficient (Wildman–Crippen LogP) is 2.96. The zero-order chi connectivity index (χ0) is 19.3. The Morgan fingerprint density at radius 2 is 1.92 bits per heavy atom. The number of esters is 1.